The van der Waals surface area contributed by atoms with E-state index in [-0.39, 0.29) is 23.7 Å². The lowest BCUT2D eigenvalue weighted by atomic mass is 9.93. The van der Waals surface area contributed by atoms with Crippen LogP contribution in [0.2, 0.25) is 0 Å². The average molecular weight is 443 g/mol. The van der Waals surface area contributed by atoms with Crippen molar-refractivity contribution in [2.75, 3.05) is 13.1 Å². The maximum Gasteiger partial charge on any atom is 0.291 e. The number of benzene rings is 1. The highest BCUT2D eigenvalue weighted by Crippen LogP contribution is 2.30. The quantitative estimate of drug-likeness (QED) is 0.536. The molecule has 1 aliphatic rings. The van der Waals surface area contributed by atoms with Gasteiger partial charge in [0.05, 0.1) is 22.7 Å². The largest absolute Gasteiger partial charge is 0.455 e. The van der Waals surface area contributed by atoms with E-state index < -0.39 is 21.7 Å². The fourth-order valence-electron chi connectivity index (χ4n) is 3.28. The Kier molecular flexibility index (Phi) is 6.37. The number of nitrogens with zero attached hydrogens (tertiary/aromatic N) is 4. The van der Waals surface area contributed by atoms with Gasteiger partial charge in [0.15, 0.2) is 5.76 Å². The molecule has 0 atom stereocenters. The van der Waals surface area contributed by atoms with Crippen LogP contribution in [0.1, 0.15) is 40.3 Å². The first kappa shape index (κ1) is 22.0. The molecule has 0 fully saturated rings. The fraction of sp³-hybridized carbons (Fsp3) is 0.300. The van der Waals surface area contributed by atoms with Crippen molar-refractivity contribution in [3.8, 4) is 12.1 Å². The minimum Gasteiger partial charge on any atom is -0.455 e. The standard InChI is InChI=1S/C20H18FN5O4S/c1-13-18-16(24-25-31(28,29)15-7-5-14(21)6-8-15)3-2-4-17(18)30-19(13)20(27)26(11-9-22)12-10-23/h5-8,25H,2-4,11-12H2,1H3/b24-16+. The number of hydrazone groups is 1. The van der Waals surface area contributed by atoms with Crippen LogP contribution >= 0.6 is 0 Å². The van der Waals surface area contributed by atoms with Gasteiger partial charge in [-0.25, -0.2) is 4.39 Å². The summed E-state index contributed by atoms with van der Waals surface area (Å²) in [5.41, 5.74) is 1.39. The predicted octanol–water partition coefficient (Wildman–Crippen LogP) is 2.24. The van der Waals surface area contributed by atoms with E-state index >= 15 is 0 Å². The molecule has 2 aromatic rings. The van der Waals surface area contributed by atoms with E-state index in [1.807, 2.05) is 12.1 Å². The van der Waals surface area contributed by atoms with Crippen LogP contribution in [0, 0.1) is 35.4 Å². The van der Waals surface area contributed by atoms with Crippen LogP contribution in [0.15, 0.2) is 38.7 Å². The Morgan fingerprint density at radius 1 is 1.23 bits per heavy atom. The van der Waals surface area contributed by atoms with Crippen molar-refractivity contribution in [2.24, 2.45) is 5.10 Å². The summed E-state index contributed by atoms with van der Waals surface area (Å²) < 4.78 is 43.7. The molecule has 1 aliphatic carbocycles. The molecule has 31 heavy (non-hydrogen) atoms. The van der Waals surface area contributed by atoms with Gasteiger partial charge >= 0.3 is 0 Å². The lowest BCUT2D eigenvalue weighted by Crippen LogP contribution is -2.32. The molecule has 11 heteroatoms. The Morgan fingerprint density at radius 3 is 2.48 bits per heavy atom. The van der Waals surface area contributed by atoms with E-state index in [0.29, 0.717) is 41.9 Å². The second-order valence-electron chi connectivity index (χ2n) is 6.79. The number of hydrogen-bond acceptors (Lipinski definition) is 7. The number of amides is 1. The minimum atomic E-state index is -4.01. The third-order valence-corrected chi connectivity index (χ3v) is 5.98. The SMILES string of the molecule is Cc1c(C(=O)N(CC#N)CC#N)oc2c1/C(=N/NS(=O)(=O)c1ccc(F)cc1)CCC2. The first-order valence-corrected chi connectivity index (χ1v) is 10.8. The minimum absolute atomic E-state index is 0.00788. The third kappa shape index (κ3) is 4.57. The molecule has 1 aromatic heterocycles. The van der Waals surface area contributed by atoms with Crippen molar-refractivity contribution < 1.29 is 22.0 Å². The monoisotopic (exact) mass is 443 g/mol. The van der Waals surface area contributed by atoms with Crippen LogP contribution in [0.25, 0.3) is 0 Å². The van der Waals surface area contributed by atoms with Gasteiger partial charge in [-0.05, 0) is 44.0 Å². The summed E-state index contributed by atoms with van der Waals surface area (Å²) in [5.74, 6) is -0.677. The zero-order valence-electron chi connectivity index (χ0n) is 16.6. The number of rotatable bonds is 6. The summed E-state index contributed by atoms with van der Waals surface area (Å²) in [7, 11) is -4.01. The number of fused-ring (bicyclic) bond motifs is 1. The van der Waals surface area contributed by atoms with E-state index in [1.165, 1.54) is 0 Å². The molecule has 0 bridgehead atoms. The van der Waals surface area contributed by atoms with E-state index in [4.69, 9.17) is 14.9 Å². The normalized spacial score (nSPS) is 14.4. The van der Waals surface area contributed by atoms with Crippen molar-refractivity contribution in [3.63, 3.8) is 0 Å². The Morgan fingerprint density at radius 2 is 1.87 bits per heavy atom. The highest BCUT2D eigenvalue weighted by molar-refractivity contribution is 7.89. The smallest absolute Gasteiger partial charge is 0.291 e. The zero-order valence-corrected chi connectivity index (χ0v) is 17.4. The molecular weight excluding hydrogens is 425 g/mol. The average Bonchev–Trinajstić information content (AvgIpc) is 3.09. The Hall–Kier alpha value is -3.70. The van der Waals surface area contributed by atoms with Gasteiger partial charge in [0.1, 0.15) is 24.7 Å². The number of hydrogen-bond donors (Lipinski definition) is 1. The van der Waals surface area contributed by atoms with Gasteiger partial charge in [-0.15, -0.1) is 0 Å². The van der Waals surface area contributed by atoms with Crippen LogP contribution in [0.4, 0.5) is 4.39 Å². The second-order valence-corrected chi connectivity index (χ2v) is 8.45. The Bertz CT molecular complexity index is 1200. The number of sulfonamides is 1. The maximum absolute atomic E-state index is 13.1. The molecule has 0 radical (unpaired) electrons. The summed E-state index contributed by atoms with van der Waals surface area (Å²) in [6.07, 6.45) is 1.61. The van der Waals surface area contributed by atoms with Gasteiger partial charge in [0, 0.05) is 17.5 Å². The summed E-state index contributed by atoms with van der Waals surface area (Å²) in [5, 5.41) is 21.8. The van der Waals surface area contributed by atoms with Crippen molar-refractivity contribution in [3.05, 3.63) is 52.7 Å². The number of aryl methyl sites for hydroxylation is 1. The lowest BCUT2D eigenvalue weighted by molar-refractivity contribution is 0.0760. The first-order chi connectivity index (χ1) is 14.8. The summed E-state index contributed by atoms with van der Waals surface area (Å²) in [6, 6.07) is 8.00. The summed E-state index contributed by atoms with van der Waals surface area (Å²) in [6.45, 7) is 1.10. The molecule has 160 valence electrons. The molecule has 0 saturated heterocycles. The number of carbonyl (C=O) groups excluding carboxylic acids is 1. The van der Waals surface area contributed by atoms with Crippen LogP contribution in [0.5, 0.6) is 0 Å². The lowest BCUT2D eigenvalue weighted by Gasteiger charge is -2.14. The summed E-state index contributed by atoms with van der Waals surface area (Å²) >= 11 is 0. The Balaban J connectivity index is 1.92. The molecular formula is C20H18FN5O4S. The molecule has 0 aliphatic heterocycles. The third-order valence-electron chi connectivity index (χ3n) is 4.76. The topological polar surface area (TPSA) is 140 Å². The van der Waals surface area contributed by atoms with Gasteiger partial charge in [0.25, 0.3) is 15.9 Å². The van der Waals surface area contributed by atoms with Crippen molar-refractivity contribution in [2.45, 2.75) is 31.1 Å². The number of halogens is 1. The predicted molar refractivity (Wildman–Crippen MR) is 107 cm³/mol. The van der Waals surface area contributed by atoms with Crippen molar-refractivity contribution in [1.82, 2.24) is 9.73 Å². The first-order valence-electron chi connectivity index (χ1n) is 9.28. The number of nitrogens with one attached hydrogen (secondary N) is 1. The maximum atomic E-state index is 13.1. The molecule has 0 spiro atoms. The van der Waals surface area contributed by atoms with Crippen molar-refractivity contribution >= 4 is 21.6 Å². The van der Waals surface area contributed by atoms with Crippen LogP contribution in [0.3, 0.4) is 0 Å². The molecule has 0 unspecified atom stereocenters. The number of furan rings is 1. The molecule has 1 amide bonds. The summed E-state index contributed by atoms with van der Waals surface area (Å²) in [4.78, 5) is 15.8. The number of carbonyl (C=O) groups is 1. The highest BCUT2D eigenvalue weighted by atomic mass is 32.2. The van der Waals surface area contributed by atoms with E-state index in [2.05, 4.69) is 9.93 Å². The fourth-order valence-corrected chi connectivity index (χ4v) is 4.11. The zero-order chi connectivity index (χ0) is 22.6. The van der Waals surface area contributed by atoms with E-state index in [9.17, 15) is 17.6 Å². The highest BCUT2D eigenvalue weighted by Gasteiger charge is 2.30. The molecule has 0 saturated carbocycles. The second kappa shape index (κ2) is 8.98. The van der Waals surface area contributed by atoms with Crippen LogP contribution in [-0.4, -0.2) is 38.0 Å². The molecule has 1 heterocycles. The number of nitriles is 2. The molecule has 9 nitrogen and oxygen atoms in total. The Labute approximate surface area is 178 Å². The van der Waals surface area contributed by atoms with Crippen LogP contribution in [-0.2, 0) is 16.4 Å². The van der Waals surface area contributed by atoms with Gasteiger partial charge in [-0.2, -0.15) is 28.9 Å². The van der Waals surface area contributed by atoms with E-state index in [0.717, 1.165) is 29.2 Å². The van der Waals surface area contributed by atoms with Crippen molar-refractivity contribution in [1.29, 1.82) is 10.5 Å². The van der Waals surface area contributed by atoms with E-state index in [1.54, 1.807) is 6.92 Å². The molecule has 1 aromatic carbocycles. The van der Waals surface area contributed by atoms with Gasteiger partial charge in [-0.3, -0.25) is 4.79 Å². The van der Waals surface area contributed by atoms with Gasteiger partial charge in [-0.1, -0.05) is 0 Å². The van der Waals surface area contributed by atoms with Gasteiger partial charge in [0.2, 0.25) is 0 Å². The molecule has 3 rings (SSSR count). The molecule has 1 N–H and O–H groups in total. The van der Waals surface area contributed by atoms with Crippen LogP contribution < -0.4 is 4.83 Å². The van der Waals surface area contributed by atoms with Gasteiger partial charge < -0.3 is 9.32 Å².